The molecule has 1 aliphatic heterocycles. The van der Waals surface area contributed by atoms with Gasteiger partial charge in [0, 0.05) is 37.8 Å². The summed E-state index contributed by atoms with van der Waals surface area (Å²) in [5.74, 6) is 0.579. The summed E-state index contributed by atoms with van der Waals surface area (Å²) in [4.78, 5) is 35.0. The predicted octanol–water partition coefficient (Wildman–Crippen LogP) is 5.02. The molecule has 7 nitrogen and oxygen atoms in total. The first kappa shape index (κ1) is 25.3. The van der Waals surface area contributed by atoms with Gasteiger partial charge in [0.1, 0.15) is 5.82 Å². The van der Waals surface area contributed by atoms with Crippen LogP contribution in [0.15, 0.2) is 83.4 Å². The molecule has 0 unspecified atom stereocenters. The van der Waals surface area contributed by atoms with Crippen LogP contribution in [-0.4, -0.2) is 51.9 Å². The number of likely N-dealkylation sites (N-methyl/N-ethyl adjacent to an activating group) is 1. The van der Waals surface area contributed by atoms with Gasteiger partial charge in [-0.15, -0.1) is 0 Å². The Morgan fingerprint density at radius 1 is 0.974 bits per heavy atom. The van der Waals surface area contributed by atoms with E-state index in [1.54, 1.807) is 60.2 Å². The number of rotatable bonds is 6. The van der Waals surface area contributed by atoms with Gasteiger partial charge in [-0.05, 0) is 67.3 Å². The Balaban J connectivity index is 1.32. The highest BCUT2D eigenvalue weighted by Gasteiger charge is 2.45. The SMILES string of the molecule is Cc1noc(-c2ccc(C(=O)N3CCC(C(=O)N(C)Cc4ccc(F)cc4)(c4ccccc4)CC3)cc2)n1. The van der Waals surface area contributed by atoms with Gasteiger partial charge in [0.2, 0.25) is 5.91 Å². The fourth-order valence-corrected chi connectivity index (χ4v) is 5.13. The summed E-state index contributed by atoms with van der Waals surface area (Å²) in [5, 5.41) is 3.81. The van der Waals surface area contributed by atoms with Crippen LogP contribution in [0.3, 0.4) is 0 Å². The number of aromatic nitrogens is 2. The number of halogens is 1. The minimum absolute atomic E-state index is 0.000623. The molecule has 8 heteroatoms. The van der Waals surface area contributed by atoms with Crippen molar-refractivity contribution in [2.45, 2.75) is 31.7 Å². The van der Waals surface area contributed by atoms with Crippen LogP contribution < -0.4 is 0 Å². The van der Waals surface area contributed by atoms with Gasteiger partial charge in [-0.25, -0.2) is 4.39 Å². The van der Waals surface area contributed by atoms with Crippen molar-refractivity contribution in [1.82, 2.24) is 19.9 Å². The van der Waals surface area contributed by atoms with Crippen molar-refractivity contribution in [2.75, 3.05) is 20.1 Å². The molecule has 0 radical (unpaired) electrons. The van der Waals surface area contributed by atoms with E-state index < -0.39 is 5.41 Å². The number of likely N-dealkylation sites (tertiary alicyclic amines) is 1. The van der Waals surface area contributed by atoms with Gasteiger partial charge >= 0.3 is 0 Å². The van der Waals surface area contributed by atoms with Crippen molar-refractivity contribution in [1.29, 1.82) is 0 Å². The Bertz CT molecular complexity index is 1410. The van der Waals surface area contributed by atoms with Crippen molar-refractivity contribution in [3.63, 3.8) is 0 Å². The molecule has 1 fully saturated rings. The molecule has 4 aromatic rings. The number of nitrogens with zero attached hydrogens (tertiary/aromatic N) is 4. The number of aryl methyl sites for hydroxylation is 1. The lowest BCUT2D eigenvalue weighted by atomic mass is 9.71. The average molecular weight is 513 g/mol. The average Bonchev–Trinajstić information content (AvgIpc) is 3.40. The number of hydrogen-bond acceptors (Lipinski definition) is 5. The monoisotopic (exact) mass is 512 g/mol. The minimum Gasteiger partial charge on any atom is -0.341 e. The zero-order valence-corrected chi connectivity index (χ0v) is 21.4. The van der Waals surface area contributed by atoms with E-state index in [-0.39, 0.29) is 17.6 Å². The molecule has 0 bridgehead atoms. The van der Waals surface area contributed by atoms with Gasteiger partial charge in [0.15, 0.2) is 5.82 Å². The molecule has 0 saturated carbocycles. The number of amides is 2. The molecule has 3 aromatic carbocycles. The summed E-state index contributed by atoms with van der Waals surface area (Å²) >= 11 is 0. The zero-order chi connectivity index (χ0) is 26.7. The standard InChI is InChI=1S/C30H29FN4O3/c1-21-32-27(38-33-21)23-10-12-24(13-11-23)28(36)35-18-16-30(17-19-35,25-6-4-3-5-7-25)29(37)34(2)20-22-8-14-26(31)15-9-22/h3-15H,16-20H2,1-2H3. The smallest absolute Gasteiger partial charge is 0.257 e. The van der Waals surface area contributed by atoms with Crippen molar-refractivity contribution in [2.24, 2.45) is 0 Å². The van der Waals surface area contributed by atoms with E-state index in [0.29, 0.717) is 49.8 Å². The van der Waals surface area contributed by atoms with Crippen molar-refractivity contribution in [3.05, 3.63) is 107 Å². The first-order valence-electron chi connectivity index (χ1n) is 12.6. The van der Waals surface area contributed by atoms with Crippen LogP contribution >= 0.6 is 0 Å². The summed E-state index contributed by atoms with van der Waals surface area (Å²) in [5.41, 5.74) is 2.38. The molecule has 1 aromatic heterocycles. The molecule has 1 saturated heterocycles. The maximum absolute atomic E-state index is 13.9. The van der Waals surface area contributed by atoms with Crippen molar-refractivity contribution < 1.29 is 18.5 Å². The van der Waals surface area contributed by atoms with Gasteiger partial charge < -0.3 is 14.3 Å². The van der Waals surface area contributed by atoms with Gasteiger partial charge in [-0.3, -0.25) is 9.59 Å². The lowest BCUT2D eigenvalue weighted by molar-refractivity contribution is -0.138. The van der Waals surface area contributed by atoms with Gasteiger partial charge in [0.05, 0.1) is 5.41 Å². The highest BCUT2D eigenvalue weighted by atomic mass is 19.1. The number of carbonyl (C=O) groups is 2. The number of hydrogen-bond donors (Lipinski definition) is 0. The summed E-state index contributed by atoms with van der Waals surface area (Å²) in [7, 11) is 1.78. The summed E-state index contributed by atoms with van der Waals surface area (Å²) in [6, 6.07) is 23.1. The first-order chi connectivity index (χ1) is 18.4. The summed E-state index contributed by atoms with van der Waals surface area (Å²) < 4.78 is 18.6. The molecule has 5 rings (SSSR count). The van der Waals surface area contributed by atoms with E-state index >= 15 is 0 Å². The number of carbonyl (C=O) groups excluding carboxylic acids is 2. The summed E-state index contributed by atoms with van der Waals surface area (Å²) in [6.45, 7) is 3.03. The van der Waals surface area contributed by atoms with Crippen molar-refractivity contribution >= 4 is 11.8 Å². The largest absolute Gasteiger partial charge is 0.341 e. The topological polar surface area (TPSA) is 79.5 Å². The fourth-order valence-electron chi connectivity index (χ4n) is 5.13. The molecule has 0 spiro atoms. The second kappa shape index (κ2) is 10.6. The van der Waals surface area contributed by atoms with Crippen LogP contribution in [0, 0.1) is 12.7 Å². The van der Waals surface area contributed by atoms with Gasteiger partial charge in [-0.2, -0.15) is 4.98 Å². The third-order valence-electron chi connectivity index (χ3n) is 7.23. The second-order valence-corrected chi connectivity index (χ2v) is 9.75. The van der Waals surface area contributed by atoms with Crippen LogP contribution in [0.2, 0.25) is 0 Å². The first-order valence-corrected chi connectivity index (χ1v) is 12.6. The number of piperidine rings is 1. The predicted molar refractivity (Wildman–Crippen MR) is 141 cm³/mol. The minimum atomic E-state index is -0.744. The van der Waals surface area contributed by atoms with E-state index in [9.17, 15) is 14.0 Å². The normalized spacial score (nSPS) is 14.8. The number of benzene rings is 3. The zero-order valence-electron chi connectivity index (χ0n) is 21.4. The van der Waals surface area contributed by atoms with E-state index in [1.807, 2.05) is 30.3 Å². The molecule has 2 heterocycles. The second-order valence-electron chi connectivity index (χ2n) is 9.75. The fraction of sp³-hybridized carbons (Fsp3) is 0.267. The lowest BCUT2D eigenvalue weighted by Crippen LogP contribution is -2.53. The highest BCUT2D eigenvalue weighted by Crippen LogP contribution is 2.38. The van der Waals surface area contributed by atoms with Crippen LogP contribution in [0.5, 0.6) is 0 Å². The molecule has 0 atom stereocenters. The maximum atomic E-state index is 13.9. The van der Waals surface area contributed by atoms with E-state index in [4.69, 9.17) is 4.52 Å². The Labute approximate surface area is 220 Å². The molecule has 0 N–H and O–H groups in total. The van der Waals surface area contributed by atoms with Crippen LogP contribution in [-0.2, 0) is 16.8 Å². The third-order valence-corrected chi connectivity index (χ3v) is 7.23. The van der Waals surface area contributed by atoms with Gasteiger partial charge in [0.25, 0.3) is 11.8 Å². The Morgan fingerprint density at radius 2 is 1.63 bits per heavy atom. The van der Waals surface area contributed by atoms with Crippen molar-refractivity contribution in [3.8, 4) is 11.5 Å². The van der Waals surface area contributed by atoms with E-state index in [2.05, 4.69) is 10.1 Å². The highest BCUT2D eigenvalue weighted by molar-refractivity contribution is 5.95. The van der Waals surface area contributed by atoms with Crippen LogP contribution in [0.4, 0.5) is 4.39 Å². The Morgan fingerprint density at radius 3 is 2.24 bits per heavy atom. The van der Waals surface area contributed by atoms with Gasteiger partial charge in [-0.1, -0.05) is 47.6 Å². The Hall–Kier alpha value is -4.33. The quantitative estimate of drug-likeness (QED) is 0.363. The molecular formula is C30H29FN4O3. The van der Waals surface area contributed by atoms with E-state index in [0.717, 1.165) is 16.7 Å². The maximum Gasteiger partial charge on any atom is 0.257 e. The van der Waals surface area contributed by atoms with Crippen LogP contribution in [0.1, 0.15) is 40.2 Å². The molecule has 2 amide bonds. The van der Waals surface area contributed by atoms with Crippen LogP contribution in [0.25, 0.3) is 11.5 Å². The summed E-state index contributed by atoms with van der Waals surface area (Å²) in [6.07, 6.45) is 1.02. The molecule has 0 aliphatic carbocycles. The molecule has 38 heavy (non-hydrogen) atoms. The third kappa shape index (κ3) is 5.07. The Kier molecular flexibility index (Phi) is 7.05. The molecule has 1 aliphatic rings. The molecular weight excluding hydrogens is 483 g/mol. The lowest BCUT2D eigenvalue weighted by Gasteiger charge is -2.43. The van der Waals surface area contributed by atoms with E-state index in [1.165, 1.54) is 12.1 Å². The molecule has 194 valence electrons.